The number of nitrogens with zero attached hydrogens (tertiary/aromatic N) is 1. The van der Waals surface area contributed by atoms with E-state index in [-0.39, 0.29) is 17.7 Å². The highest BCUT2D eigenvalue weighted by molar-refractivity contribution is 7.10. The van der Waals surface area contributed by atoms with Gasteiger partial charge in [0.05, 0.1) is 18.6 Å². The monoisotopic (exact) mass is 419 g/mol. The third-order valence-corrected chi connectivity index (χ3v) is 5.65. The first-order valence-electron chi connectivity index (χ1n) is 8.83. The number of furan rings is 1. The molecule has 4 nitrogen and oxygen atoms in total. The Labute approximate surface area is 168 Å². The Bertz CT molecular complexity index is 1010. The fraction of sp³-hybridized carbons (Fsp3) is 0.190. The summed E-state index contributed by atoms with van der Waals surface area (Å²) in [4.78, 5) is 15.7. The van der Waals surface area contributed by atoms with Crippen LogP contribution >= 0.6 is 11.3 Å². The molecule has 0 N–H and O–H groups in total. The summed E-state index contributed by atoms with van der Waals surface area (Å²) in [7, 11) is 0. The van der Waals surface area contributed by atoms with Crippen molar-refractivity contribution in [2.24, 2.45) is 0 Å². The minimum atomic E-state index is -4.74. The summed E-state index contributed by atoms with van der Waals surface area (Å²) in [6.07, 6.45) is 2.21. The van der Waals surface area contributed by atoms with E-state index in [0.29, 0.717) is 6.54 Å². The van der Waals surface area contributed by atoms with Gasteiger partial charge in [-0.1, -0.05) is 12.1 Å². The van der Waals surface area contributed by atoms with Crippen LogP contribution in [0, 0.1) is 0 Å². The van der Waals surface area contributed by atoms with Crippen LogP contribution in [0.5, 0.6) is 5.75 Å². The smallest absolute Gasteiger partial charge is 0.472 e. The molecule has 0 saturated carbocycles. The molecule has 1 aromatic carbocycles. The summed E-state index contributed by atoms with van der Waals surface area (Å²) < 4.78 is 46.3. The summed E-state index contributed by atoms with van der Waals surface area (Å²) in [6, 6.07) is 9.09. The van der Waals surface area contributed by atoms with Gasteiger partial charge in [-0.2, -0.15) is 0 Å². The van der Waals surface area contributed by atoms with Crippen LogP contribution in [0.2, 0.25) is 0 Å². The van der Waals surface area contributed by atoms with E-state index < -0.39 is 6.36 Å². The Kier molecular flexibility index (Phi) is 5.19. The van der Waals surface area contributed by atoms with Crippen molar-refractivity contribution in [3.05, 3.63) is 81.9 Å². The highest BCUT2D eigenvalue weighted by Gasteiger charge is 2.33. The summed E-state index contributed by atoms with van der Waals surface area (Å²) >= 11 is 1.54. The topological polar surface area (TPSA) is 42.7 Å². The van der Waals surface area contributed by atoms with Crippen molar-refractivity contribution in [1.82, 2.24) is 4.90 Å². The second-order valence-corrected chi connectivity index (χ2v) is 7.45. The molecule has 1 aliphatic heterocycles. The molecule has 2 aromatic heterocycles. The van der Waals surface area contributed by atoms with Crippen LogP contribution in [0.3, 0.4) is 0 Å². The van der Waals surface area contributed by atoms with Crippen molar-refractivity contribution in [3.63, 3.8) is 0 Å². The van der Waals surface area contributed by atoms with Gasteiger partial charge in [-0.15, -0.1) is 24.5 Å². The minimum Gasteiger partial charge on any atom is -0.472 e. The van der Waals surface area contributed by atoms with Gasteiger partial charge in [-0.25, -0.2) is 0 Å². The summed E-state index contributed by atoms with van der Waals surface area (Å²) in [5.74, 6) is -0.466. The minimum absolute atomic E-state index is 0.175. The first-order valence-corrected chi connectivity index (χ1v) is 9.71. The molecule has 1 atom stereocenters. The zero-order valence-electron chi connectivity index (χ0n) is 15.1. The number of alkyl halides is 3. The molecular weight excluding hydrogens is 403 g/mol. The average Bonchev–Trinajstić information content (AvgIpc) is 3.36. The lowest BCUT2D eigenvalue weighted by Crippen LogP contribution is -2.39. The fourth-order valence-electron chi connectivity index (χ4n) is 3.36. The van der Waals surface area contributed by atoms with Crippen LogP contribution < -0.4 is 4.74 Å². The molecule has 0 radical (unpaired) electrons. The number of rotatable bonds is 4. The van der Waals surface area contributed by atoms with Gasteiger partial charge < -0.3 is 14.1 Å². The van der Waals surface area contributed by atoms with Crippen molar-refractivity contribution in [2.75, 3.05) is 6.54 Å². The van der Waals surface area contributed by atoms with Gasteiger partial charge in [0.25, 0.3) is 0 Å². The van der Waals surface area contributed by atoms with E-state index in [1.165, 1.54) is 42.1 Å². The predicted octanol–water partition coefficient (Wildman–Crippen LogP) is 5.43. The average molecular weight is 419 g/mol. The van der Waals surface area contributed by atoms with Crippen LogP contribution in [-0.4, -0.2) is 23.7 Å². The highest BCUT2D eigenvalue weighted by Crippen LogP contribution is 2.39. The molecular formula is C21H16F3NO3S. The van der Waals surface area contributed by atoms with Crippen LogP contribution in [-0.2, 0) is 11.2 Å². The van der Waals surface area contributed by atoms with E-state index in [1.807, 2.05) is 11.4 Å². The van der Waals surface area contributed by atoms with Crippen molar-refractivity contribution in [2.45, 2.75) is 18.8 Å². The summed E-state index contributed by atoms with van der Waals surface area (Å²) in [5, 5.41) is 1.97. The van der Waals surface area contributed by atoms with E-state index in [9.17, 15) is 18.0 Å². The van der Waals surface area contributed by atoms with Gasteiger partial charge in [0.1, 0.15) is 5.75 Å². The van der Waals surface area contributed by atoms with E-state index in [0.717, 1.165) is 28.0 Å². The van der Waals surface area contributed by atoms with E-state index in [2.05, 4.69) is 4.74 Å². The maximum atomic E-state index is 12.9. The maximum Gasteiger partial charge on any atom is 0.573 e. The number of hydrogen-bond acceptors (Lipinski definition) is 4. The number of carbonyl (C=O) groups excluding carboxylic acids is 1. The molecule has 0 saturated heterocycles. The predicted molar refractivity (Wildman–Crippen MR) is 102 cm³/mol. The molecule has 0 bridgehead atoms. The van der Waals surface area contributed by atoms with Gasteiger partial charge in [-0.05, 0) is 53.3 Å². The molecule has 1 unspecified atom stereocenters. The third kappa shape index (κ3) is 4.37. The molecule has 29 heavy (non-hydrogen) atoms. The molecule has 3 aromatic rings. The van der Waals surface area contributed by atoms with Gasteiger partial charge >= 0.3 is 6.36 Å². The van der Waals surface area contributed by atoms with Gasteiger partial charge in [0.15, 0.2) is 0 Å². The number of carbonyl (C=O) groups is 1. The van der Waals surface area contributed by atoms with Crippen molar-refractivity contribution >= 4 is 23.3 Å². The molecule has 0 fully saturated rings. The lowest BCUT2D eigenvalue weighted by molar-refractivity contribution is -0.274. The first kappa shape index (κ1) is 19.3. The Morgan fingerprint density at radius 1 is 1.21 bits per heavy atom. The lowest BCUT2D eigenvalue weighted by Gasteiger charge is -2.35. The summed E-state index contributed by atoms with van der Waals surface area (Å²) in [6.45, 7) is 0.518. The summed E-state index contributed by atoms with van der Waals surface area (Å²) in [5.41, 5.74) is 2.66. The number of thiophene rings is 1. The van der Waals surface area contributed by atoms with E-state index >= 15 is 0 Å². The van der Waals surface area contributed by atoms with Crippen LogP contribution in [0.15, 0.2) is 64.8 Å². The van der Waals surface area contributed by atoms with Crippen LogP contribution in [0.25, 0.3) is 6.08 Å². The van der Waals surface area contributed by atoms with Crippen molar-refractivity contribution in [1.29, 1.82) is 0 Å². The molecule has 150 valence electrons. The normalized spacial score (nSPS) is 16.8. The molecule has 0 spiro atoms. The zero-order valence-corrected chi connectivity index (χ0v) is 15.9. The molecule has 8 heteroatoms. The quantitative estimate of drug-likeness (QED) is 0.530. The second-order valence-electron chi connectivity index (χ2n) is 6.50. The Morgan fingerprint density at radius 3 is 2.69 bits per heavy atom. The highest BCUT2D eigenvalue weighted by atomic mass is 32.1. The maximum absolute atomic E-state index is 12.9. The molecule has 4 rings (SSSR count). The van der Waals surface area contributed by atoms with Crippen molar-refractivity contribution < 1.29 is 27.1 Å². The van der Waals surface area contributed by atoms with Crippen LogP contribution in [0.1, 0.15) is 27.6 Å². The SMILES string of the molecule is O=C(/C=C/c1ccoc1)N1CCc2ccsc2C1c1ccc(OC(F)(F)F)cc1. The Hall–Kier alpha value is -3.00. The molecule has 1 aliphatic rings. The first-order chi connectivity index (χ1) is 13.9. The number of amides is 1. The van der Waals surface area contributed by atoms with Gasteiger partial charge in [-0.3, -0.25) is 4.79 Å². The largest absolute Gasteiger partial charge is 0.573 e. The second kappa shape index (κ2) is 7.79. The lowest BCUT2D eigenvalue weighted by atomic mass is 9.95. The van der Waals surface area contributed by atoms with Crippen LogP contribution in [0.4, 0.5) is 13.2 Å². The number of ether oxygens (including phenoxy) is 1. The number of halogens is 3. The van der Waals surface area contributed by atoms with Crippen molar-refractivity contribution in [3.8, 4) is 5.75 Å². The van der Waals surface area contributed by atoms with E-state index in [1.54, 1.807) is 29.2 Å². The fourth-order valence-corrected chi connectivity index (χ4v) is 4.45. The molecule has 1 amide bonds. The number of hydrogen-bond donors (Lipinski definition) is 0. The molecule has 0 aliphatic carbocycles. The standard InChI is InChI=1S/C21H16F3NO3S/c22-21(23,24)28-17-4-2-15(3-5-17)19-20-16(9-12-29-20)7-10-25(19)18(26)6-1-14-8-11-27-13-14/h1-6,8-9,11-13,19H,7,10H2/b6-1+. The zero-order chi connectivity index (χ0) is 20.4. The van der Waals surface area contributed by atoms with Gasteiger partial charge in [0.2, 0.25) is 5.91 Å². The van der Waals surface area contributed by atoms with E-state index in [4.69, 9.17) is 4.42 Å². The Morgan fingerprint density at radius 2 is 2.00 bits per heavy atom. The number of fused-ring (bicyclic) bond motifs is 1. The number of benzene rings is 1. The van der Waals surface area contributed by atoms with Gasteiger partial charge in [0, 0.05) is 23.1 Å². The third-order valence-electron chi connectivity index (χ3n) is 4.64. The molecule has 3 heterocycles. The Balaban J connectivity index is 1.63.